The zero-order valence-corrected chi connectivity index (χ0v) is 12.0. The van der Waals surface area contributed by atoms with Crippen LogP contribution >= 0.6 is 23.1 Å². The molecule has 4 nitrogen and oxygen atoms in total. The second-order valence-corrected chi connectivity index (χ2v) is 6.59. The first-order valence-electron chi connectivity index (χ1n) is 5.85. The molecule has 1 aliphatic rings. The lowest BCUT2D eigenvalue weighted by atomic mass is 10.2. The number of hydrazone groups is 1. The smallest absolute Gasteiger partial charge is 0.158 e. The van der Waals surface area contributed by atoms with E-state index in [0.29, 0.717) is 0 Å². The molecule has 0 unspecified atom stereocenters. The maximum absolute atomic E-state index is 4.45. The van der Waals surface area contributed by atoms with Gasteiger partial charge in [0.05, 0.1) is 5.39 Å². The molecule has 0 spiro atoms. The number of hydrogen-bond acceptors (Lipinski definition) is 6. The van der Waals surface area contributed by atoms with Crippen molar-refractivity contribution >= 4 is 44.8 Å². The van der Waals surface area contributed by atoms with Crippen molar-refractivity contribution in [2.75, 3.05) is 16.9 Å². The number of fused-ring (bicyclic) bond motifs is 1. The Kier molecular flexibility index (Phi) is 3.22. The van der Waals surface area contributed by atoms with Crippen molar-refractivity contribution in [3.63, 3.8) is 0 Å². The molecule has 6 heteroatoms. The molecule has 0 saturated carbocycles. The van der Waals surface area contributed by atoms with Crippen molar-refractivity contribution in [1.29, 1.82) is 0 Å². The van der Waals surface area contributed by atoms with Crippen molar-refractivity contribution in [2.45, 2.75) is 20.3 Å². The fourth-order valence-corrected chi connectivity index (χ4v) is 3.91. The van der Waals surface area contributed by atoms with E-state index in [1.807, 2.05) is 11.8 Å². The lowest BCUT2D eigenvalue weighted by molar-refractivity contribution is 1.17. The van der Waals surface area contributed by atoms with Crippen molar-refractivity contribution in [3.05, 3.63) is 16.8 Å². The van der Waals surface area contributed by atoms with Crippen molar-refractivity contribution in [2.24, 2.45) is 5.10 Å². The lowest BCUT2D eigenvalue weighted by Gasteiger charge is -2.03. The molecular formula is C12H14N4S2. The highest BCUT2D eigenvalue weighted by molar-refractivity contribution is 8.00. The molecule has 0 radical (unpaired) electrons. The summed E-state index contributed by atoms with van der Waals surface area (Å²) in [6.45, 7) is 4.23. The average Bonchev–Trinajstić information content (AvgIpc) is 2.97. The first kappa shape index (κ1) is 11.9. The summed E-state index contributed by atoms with van der Waals surface area (Å²) in [6.07, 6.45) is 2.68. The standard InChI is InChI=1S/C12H14N4S2/c1-7-8(2)18-12-10(7)11(13-6-14-12)16-15-9-3-4-17-5-9/h6H,3-5H2,1-2H3,(H,13,14,16). The molecule has 0 aliphatic carbocycles. The van der Waals surface area contributed by atoms with Crippen molar-refractivity contribution in [1.82, 2.24) is 9.97 Å². The molecule has 0 bridgehead atoms. The number of nitrogens with zero attached hydrogens (tertiary/aromatic N) is 3. The van der Waals surface area contributed by atoms with E-state index in [-0.39, 0.29) is 0 Å². The highest BCUT2D eigenvalue weighted by Gasteiger charge is 2.12. The van der Waals surface area contributed by atoms with Gasteiger partial charge in [0, 0.05) is 16.3 Å². The Bertz CT molecular complexity index is 610. The lowest BCUT2D eigenvalue weighted by Crippen LogP contribution is -2.01. The van der Waals surface area contributed by atoms with E-state index in [4.69, 9.17) is 0 Å². The topological polar surface area (TPSA) is 50.2 Å². The van der Waals surface area contributed by atoms with E-state index in [2.05, 4.69) is 34.3 Å². The molecule has 0 amide bonds. The Morgan fingerprint density at radius 2 is 2.22 bits per heavy atom. The maximum atomic E-state index is 4.45. The molecule has 1 saturated heterocycles. The highest BCUT2D eigenvalue weighted by atomic mass is 32.2. The molecule has 94 valence electrons. The SMILES string of the molecule is Cc1sc2ncnc(NN=C3CCSC3)c2c1C. The number of hydrogen-bond donors (Lipinski definition) is 1. The summed E-state index contributed by atoms with van der Waals surface area (Å²) >= 11 is 3.63. The minimum absolute atomic E-state index is 0.825. The number of aromatic nitrogens is 2. The van der Waals surface area contributed by atoms with Crippen LogP contribution in [0.4, 0.5) is 5.82 Å². The van der Waals surface area contributed by atoms with Crippen LogP contribution in [0.1, 0.15) is 16.9 Å². The molecule has 0 aromatic carbocycles. The third-order valence-electron chi connectivity index (χ3n) is 3.09. The first-order valence-corrected chi connectivity index (χ1v) is 7.82. The van der Waals surface area contributed by atoms with Gasteiger partial charge in [0.1, 0.15) is 11.2 Å². The Hall–Kier alpha value is -1.14. The average molecular weight is 278 g/mol. The molecule has 1 aliphatic heterocycles. The van der Waals surface area contributed by atoms with Crippen LogP contribution in [0.15, 0.2) is 11.4 Å². The van der Waals surface area contributed by atoms with Crippen LogP contribution in [-0.4, -0.2) is 27.2 Å². The number of aryl methyl sites for hydroxylation is 2. The first-order chi connectivity index (χ1) is 8.75. The third-order valence-corrected chi connectivity index (χ3v) is 5.23. The van der Waals surface area contributed by atoms with Crippen LogP contribution in [0.25, 0.3) is 10.2 Å². The van der Waals surface area contributed by atoms with Gasteiger partial charge in [-0.1, -0.05) is 0 Å². The number of rotatable bonds is 2. The van der Waals surface area contributed by atoms with Crippen LogP contribution in [0.3, 0.4) is 0 Å². The predicted molar refractivity (Wildman–Crippen MR) is 79.9 cm³/mol. The van der Waals surface area contributed by atoms with Gasteiger partial charge < -0.3 is 0 Å². The van der Waals surface area contributed by atoms with Gasteiger partial charge in [-0.2, -0.15) is 16.9 Å². The molecule has 1 N–H and O–H groups in total. The van der Waals surface area contributed by atoms with Crippen molar-refractivity contribution in [3.8, 4) is 0 Å². The minimum Gasteiger partial charge on any atom is -0.261 e. The van der Waals surface area contributed by atoms with Crippen LogP contribution in [0, 0.1) is 13.8 Å². The van der Waals surface area contributed by atoms with Crippen LogP contribution in [0.5, 0.6) is 0 Å². The molecule has 1 fully saturated rings. The monoisotopic (exact) mass is 278 g/mol. The number of thiophene rings is 1. The van der Waals surface area contributed by atoms with E-state index in [1.165, 1.54) is 21.9 Å². The van der Waals surface area contributed by atoms with Gasteiger partial charge in [0.2, 0.25) is 0 Å². The molecule has 18 heavy (non-hydrogen) atoms. The highest BCUT2D eigenvalue weighted by Crippen LogP contribution is 2.32. The Labute approximate surface area is 114 Å². The van der Waals surface area contributed by atoms with Gasteiger partial charge in [-0.15, -0.1) is 11.3 Å². The Morgan fingerprint density at radius 3 is 3.00 bits per heavy atom. The Morgan fingerprint density at radius 1 is 1.33 bits per heavy atom. The quantitative estimate of drug-likeness (QED) is 0.857. The summed E-state index contributed by atoms with van der Waals surface area (Å²) in [4.78, 5) is 11.0. The van der Waals surface area contributed by atoms with E-state index in [9.17, 15) is 0 Å². The molecule has 3 heterocycles. The summed E-state index contributed by atoms with van der Waals surface area (Å²) in [5.41, 5.74) is 5.58. The maximum Gasteiger partial charge on any atom is 0.158 e. The molecule has 2 aromatic heterocycles. The summed E-state index contributed by atoms with van der Waals surface area (Å²) in [7, 11) is 0. The van der Waals surface area contributed by atoms with E-state index < -0.39 is 0 Å². The summed E-state index contributed by atoms with van der Waals surface area (Å²) in [5, 5.41) is 5.56. The zero-order chi connectivity index (χ0) is 12.5. The van der Waals surface area contributed by atoms with Gasteiger partial charge in [-0.05, 0) is 31.6 Å². The van der Waals surface area contributed by atoms with Gasteiger partial charge >= 0.3 is 0 Å². The second kappa shape index (κ2) is 4.85. The van der Waals surface area contributed by atoms with Gasteiger partial charge in [-0.25, -0.2) is 9.97 Å². The van der Waals surface area contributed by atoms with Gasteiger partial charge in [-0.3, -0.25) is 5.43 Å². The van der Waals surface area contributed by atoms with Crippen LogP contribution in [0.2, 0.25) is 0 Å². The predicted octanol–water partition coefficient (Wildman–Crippen LogP) is 3.21. The summed E-state index contributed by atoms with van der Waals surface area (Å²) in [5.74, 6) is 3.03. The van der Waals surface area contributed by atoms with Crippen LogP contribution < -0.4 is 5.43 Å². The second-order valence-electron chi connectivity index (χ2n) is 4.28. The van der Waals surface area contributed by atoms with Gasteiger partial charge in [0.15, 0.2) is 5.82 Å². The Balaban J connectivity index is 1.98. The number of anilines is 1. The third kappa shape index (κ3) is 2.10. The number of thioether (sulfide) groups is 1. The van der Waals surface area contributed by atoms with E-state index >= 15 is 0 Å². The molecular weight excluding hydrogens is 264 g/mol. The van der Waals surface area contributed by atoms with E-state index in [1.54, 1.807) is 17.7 Å². The van der Waals surface area contributed by atoms with Crippen molar-refractivity contribution < 1.29 is 0 Å². The molecule has 3 rings (SSSR count). The zero-order valence-electron chi connectivity index (χ0n) is 10.4. The minimum atomic E-state index is 0.825. The normalized spacial score (nSPS) is 17.8. The fraction of sp³-hybridized carbons (Fsp3) is 0.417. The van der Waals surface area contributed by atoms with Gasteiger partial charge in [0.25, 0.3) is 0 Å². The van der Waals surface area contributed by atoms with E-state index in [0.717, 1.165) is 28.2 Å². The summed E-state index contributed by atoms with van der Waals surface area (Å²) in [6, 6.07) is 0. The largest absolute Gasteiger partial charge is 0.261 e. The fourth-order valence-electron chi connectivity index (χ4n) is 1.94. The van der Waals surface area contributed by atoms with Crippen LogP contribution in [-0.2, 0) is 0 Å². The molecule has 0 atom stereocenters. The number of nitrogens with one attached hydrogen (secondary N) is 1. The summed E-state index contributed by atoms with van der Waals surface area (Å²) < 4.78 is 0. The molecule has 2 aromatic rings.